The van der Waals surface area contributed by atoms with Crippen LogP contribution in [0.4, 0.5) is 0 Å². The molecule has 1 aliphatic carbocycles. The van der Waals surface area contributed by atoms with E-state index in [0.717, 1.165) is 30.6 Å². The lowest BCUT2D eigenvalue weighted by Crippen LogP contribution is -2.38. The molecule has 1 aromatic rings. The number of ether oxygens (including phenoxy) is 4. The number of methoxy groups -OCH3 is 1. The second-order valence-electron chi connectivity index (χ2n) is 8.22. The minimum atomic E-state index is -0.295. The molecule has 2 aliphatic rings. The van der Waals surface area contributed by atoms with E-state index in [2.05, 4.69) is 25.1 Å². The summed E-state index contributed by atoms with van der Waals surface area (Å²) >= 11 is 0. The van der Waals surface area contributed by atoms with E-state index in [-0.39, 0.29) is 24.0 Å². The zero-order valence-corrected chi connectivity index (χ0v) is 17.7. The zero-order valence-electron chi connectivity index (χ0n) is 17.7. The van der Waals surface area contributed by atoms with E-state index in [1.807, 2.05) is 0 Å². The fourth-order valence-corrected chi connectivity index (χ4v) is 3.85. The summed E-state index contributed by atoms with van der Waals surface area (Å²) in [5.74, 6) is 1.46. The van der Waals surface area contributed by atoms with Crippen LogP contribution in [0.5, 0.6) is 5.75 Å². The average molecular weight is 406 g/mol. The van der Waals surface area contributed by atoms with Gasteiger partial charge in [-0.05, 0) is 48.8 Å². The van der Waals surface area contributed by atoms with Crippen molar-refractivity contribution >= 4 is 5.97 Å². The average Bonchev–Trinajstić information content (AvgIpc) is 3.49. The molecule has 2 fully saturated rings. The number of cyclic esters (lactones) is 1. The minimum Gasteiger partial charge on any atom is -0.493 e. The quantitative estimate of drug-likeness (QED) is 0.399. The van der Waals surface area contributed by atoms with E-state index in [1.165, 1.54) is 18.4 Å². The van der Waals surface area contributed by atoms with Gasteiger partial charge in [-0.3, -0.25) is 4.79 Å². The summed E-state index contributed by atoms with van der Waals surface area (Å²) < 4.78 is 22.4. The van der Waals surface area contributed by atoms with Crippen molar-refractivity contribution in [3.8, 4) is 5.75 Å². The molecular weight excluding hydrogens is 370 g/mol. The van der Waals surface area contributed by atoms with Crippen LogP contribution >= 0.6 is 0 Å². The molecule has 0 aromatic heterocycles. The van der Waals surface area contributed by atoms with Gasteiger partial charge in [0.05, 0.1) is 31.8 Å². The summed E-state index contributed by atoms with van der Waals surface area (Å²) in [6.45, 7) is 4.25. The van der Waals surface area contributed by atoms with Gasteiger partial charge in [0, 0.05) is 20.1 Å². The first-order valence-electron chi connectivity index (χ1n) is 10.9. The molecule has 162 valence electrons. The van der Waals surface area contributed by atoms with Crippen molar-refractivity contribution in [2.24, 2.45) is 11.7 Å². The van der Waals surface area contributed by atoms with E-state index < -0.39 is 0 Å². The Bertz CT molecular complexity index is 661. The topological polar surface area (TPSA) is 80.0 Å². The van der Waals surface area contributed by atoms with Crippen LogP contribution in [0.15, 0.2) is 18.2 Å². The molecule has 1 saturated heterocycles. The van der Waals surface area contributed by atoms with E-state index in [4.69, 9.17) is 24.7 Å². The van der Waals surface area contributed by atoms with E-state index in [9.17, 15) is 4.79 Å². The highest BCUT2D eigenvalue weighted by Gasteiger charge is 2.37. The number of carbonyl (C=O) groups excluding carboxylic acids is 1. The van der Waals surface area contributed by atoms with Gasteiger partial charge in [-0.1, -0.05) is 25.5 Å². The predicted octanol–water partition coefficient (Wildman–Crippen LogP) is 3.56. The van der Waals surface area contributed by atoms with Crippen LogP contribution in [0.2, 0.25) is 0 Å². The molecule has 0 radical (unpaired) electrons. The van der Waals surface area contributed by atoms with Crippen molar-refractivity contribution < 1.29 is 23.7 Å². The minimum absolute atomic E-state index is 0.0103. The summed E-state index contributed by atoms with van der Waals surface area (Å²) in [6.07, 6.45) is 5.64. The maximum Gasteiger partial charge on any atom is 0.309 e. The SMILES string of the molecule is CCC[C@@H]1CC(C(N)COCc2ccc(C3CC3)c(OCCCOC)c2)OC1=O. The molecule has 0 amide bonds. The number of hydrogen-bond acceptors (Lipinski definition) is 6. The van der Waals surface area contributed by atoms with E-state index in [1.54, 1.807) is 7.11 Å². The molecule has 1 saturated carbocycles. The van der Waals surface area contributed by atoms with Crippen LogP contribution in [-0.4, -0.2) is 45.0 Å². The van der Waals surface area contributed by atoms with E-state index >= 15 is 0 Å². The van der Waals surface area contributed by atoms with Crippen molar-refractivity contribution in [3.63, 3.8) is 0 Å². The summed E-state index contributed by atoms with van der Waals surface area (Å²) in [4.78, 5) is 11.9. The van der Waals surface area contributed by atoms with Gasteiger partial charge in [-0.15, -0.1) is 0 Å². The van der Waals surface area contributed by atoms with Crippen LogP contribution in [0.3, 0.4) is 0 Å². The maximum absolute atomic E-state index is 11.9. The fraction of sp³-hybridized carbons (Fsp3) is 0.696. The van der Waals surface area contributed by atoms with Crippen LogP contribution in [0.1, 0.15) is 62.5 Å². The number of rotatable bonds is 13. The zero-order chi connectivity index (χ0) is 20.6. The Kier molecular flexibility index (Phi) is 8.33. The van der Waals surface area contributed by atoms with Crippen LogP contribution < -0.4 is 10.5 Å². The van der Waals surface area contributed by atoms with E-state index in [0.29, 0.717) is 38.8 Å². The summed E-state index contributed by atoms with van der Waals surface area (Å²) in [7, 11) is 1.70. The van der Waals surface area contributed by atoms with Gasteiger partial charge in [0.1, 0.15) is 11.9 Å². The third kappa shape index (κ3) is 6.43. The van der Waals surface area contributed by atoms with Gasteiger partial charge in [-0.2, -0.15) is 0 Å². The van der Waals surface area contributed by atoms with Gasteiger partial charge in [0.15, 0.2) is 0 Å². The molecule has 0 spiro atoms. The van der Waals surface area contributed by atoms with Gasteiger partial charge in [-0.25, -0.2) is 0 Å². The van der Waals surface area contributed by atoms with Gasteiger partial charge in [0.25, 0.3) is 0 Å². The van der Waals surface area contributed by atoms with Crippen LogP contribution in [0, 0.1) is 5.92 Å². The van der Waals surface area contributed by atoms with Crippen LogP contribution in [-0.2, 0) is 25.6 Å². The molecule has 1 aliphatic heterocycles. The number of carbonyl (C=O) groups is 1. The maximum atomic E-state index is 11.9. The van der Waals surface area contributed by atoms with Crippen molar-refractivity contribution in [2.45, 2.75) is 70.1 Å². The molecule has 2 unspecified atom stereocenters. The second kappa shape index (κ2) is 11.0. The Hall–Kier alpha value is -1.63. The number of hydrogen-bond donors (Lipinski definition) is 1. The Morgan fingerprint density at radius 3 is 2.83 bits per heavy atom. The third-order valence-corrected chi connectivity index (χ3v) is 5.66. The lowest BCUT2D eigenvalue weighted by Gasteiger charge is -2.18. The molecule has 2 N–H and O–H groups in total. The Labute approximate surface area is 174 Å². The predicted molar refractivity (Wildman–Crippen MR) is 111 cm³/mol. The van der Waals surface area contributed by atoms with Crippen molar-refractivity contribution in [1.82, 2.24) is 0 Å². The highest BCUT2D eigenvalue weighted by atomic mass is 16.6. The molecule has 3 rings (SSSR count). The Morgan fingerprint density at radius 2 is 2.10 bits per heavy atom. The molecular formula is C23H35NO5. The molecule has 29 heavy (non-hydrogen) atoms. The number of esters is 1. The highest BCUT2D eigenvalue weighted by Crippen LogP contribution is 2.44. The lowest BCUT2D eigenvalue weighted by molar-refractivity contribution is -0.145. The second-order valence-corrected chi connectivity index (χ2v) is 8.22. The molecule has 6 nitrogen and oxygen atoms in total. The Morgan fingerprint density at radius 1 is 1.28 bits per heavy atom. The monoisotopic (exact) mass is 405 g/mol. The van der Waals surface area contributed by atoms with Crippen molar-refractivity contribution in [2.75, 3.05) is 26.9 Å². The fourth-order valence-electron chi connectivity index (χ4n) is 3.85. The van der Waals surface area contributed by atoms with Gasteiger partial charge >= 0.3 is 5.97 Å². The van der Waals surface area contributed by atoms with Crippen LogP contribution in [0.25, 0.3) is 0 Å². The number of benzene rings is 1. The van der Waals surface area contributed by atoms with Gasteiger partial charge in [0.2, 0.25) is 0 Å². The first-order chi connectivity index (χ1) is 14.1. The number of nitrogens with two attached hydrogens (primary N) is 1. The molecule has 1 aromatic carbocycles. The molecule has 1 heterocycles. The largest absolute Gasteiger partial charge is 0.493 e. The highest BCUT2D eigenvalue weighted by molar-refractivity contribution is 5.74. The Balaban J connectivity index is 1.48. The first-order valence-corrected chi connectivity index (χ1v) is 10.9. The standard InChI is InChI=1S/C23H35NO5/c1-3-5-18-13-22(29-23(18)25)20(24)15-27-14-16-6-9-19(17-7-8-17)21(12-16)28-11-4-10-26-2/h6,9,12,17-18,20,22H,3-5,7-8,10-11,13-15,24H2,1-2H3/t18-,20?,22?/m1/s1. The molecule has 3 atom stereocenters. The molecule has 0 bridgehead atoms. The summed E-state index contributed by atoms with van der Waals surface area (Å²) in [6, 6.07) is 6.06. The van der Waals surface area contributed by atoms with Crippen molar-refractivity contribution in [3.05, 3.63) is 29.3 Å². The lowest BCUT2D eigenvalue weighted by atomic mass is 9.97. The normalized spacial score (nSPS) is 22.5. The third-order valence-electron chi connectivity index (χ3n) is 5.66. The molecule has 6 heteroatoms. The first kappa shape index (κ1) is 22.1. The summed E-state index contributed by atoms with van der Waals surface area (Å²) in [5.41, 5.74) is 8.58. The van der Waals surface area contributed by atoms with Gasteiger partial charge < -0.3 is 24.7 Å². The smallest absolute Gasteiger partial charge is 0.309 e. The summed E-state index contributed by atoms with van der Waals surface area (Å²) in [5, 5.41) is 0. The van der Waals surface area contributed by atoms with Crippen molar-refractivity contribution in [1.29, 1.82) is 0 Å².